The third-order valence-corrected chi connectivity index (χ3v) is 4.12. The van der Waals surface area contributed by atoms with Crippen molar-refractivity contribution in [2.75, 3.05) is 7.11 Å². The number of imidazole rings is 1. The molecular formula is C18H14N4O4. The van der Waals surface area contributed by atoms with E-state index < -0.39 is 4.92 Å². The zero-order valence-electron chi connectivity index (χ0n) is 14.0. The van der Waals surface area contributed by atoms with Gasteiger partial charge in [-0.2, -0.15) is 0 Å². The Morgan fingerprint density at radius 1 is 1.19 bits per heavy atom. The molecule has 0 bridgehead atoms. The van der Waals surface area contributed by atoms with Crippen molar-refractivity contribution >= 4 is 11.3 Å². The molecule has 8 nitrogen and oxygen atoms in total. The first-order chi connectivity index (χ1) is 12.6. The van der Waals surface area contributed by atoms with Gasteiger partial charge in [-0.05, 0) is 43.3 Å². The highest BCUT2D eigenvalue weighted by Crippen LogP contribution is 2.39. The molecule has 3 aromatic heterocycles. The molecule has 0 atom stereocenters. The largest absolute Gasteiger partial charge is 0.497 e. The minimum absolute atomic E-state index is 0.0806. The van der Waals surface area contributed by atoms with Crippen LogP contribution in [-0.2, 0) is 0 Å². The Hall–Kier alpha value is -3.68. The Bertz CT molecular complexity index is 1110. The number of rotatable bonds is 4. The van der Waals surface area contributed by atoms with Gasteiger partial charge in [0, 0.05) is 11.8 Å². The van der Waals surface area contributed by atoms with E-state index in [0.717, 1.165) is 5.56 Å². The summed E-state index contributed by atoms with van der Waals surface area (Å²) in [6.07, 6.45) is 1.78. The zero-order valence-corrected chi connectivity index (χ0v) is 14.0. The van der Waals surface area contributed by atoms with Gasteiger partial charge in [0.2, 0.25) is 0 Å². The van der Waals surface area contributed by atoms with Crippen LogP contribution in [0, 0.1) is 17.0 Å². The molecule has 8 heteroatoms. The lowest BCUT2D eigenvalue weighted by molar-refractivity contribution is -0.385. The predicted molar refractivity (Wildman–Crippen MR) is 94.1 cm³/mol. The Kier molecular flexibility index (Phi) is 3.65. The molecule has 0 spiro atoms. The van der Waals surface area contributed by atoms with Gasteiger partial charge in [-0.25, -0.2) is 4.98 Å². The third-order valence-electron chi connectivity index (χ3n) is 4.12. The fourth-order valence-corrected chi connectivity index (χ4v) is 2.90. The Balaban J connectivity index is 2.03. The van der Waals surface area contributed by atoms with Gasteiger partial charge in [0.25, 0.3) is 5.76 Å². The highest BCUT2D eigenvalue weighted by atomic mass is 16.6. The number of aromatic nitrogens is 3. The molecule has 0 amide bonds. The van der Waals surface area contributed by atoms with Gasteiger partial charge >= 0.3 is 5.69 Å². The van der Waals surface area contributed by atoms with Crippen LogP contribution in [0.2, 0.25) is 0 Å². The number of nitro groups is 1. The van der Waals surface area contributed by atoms with E-state index in [-0.39, 0.29) is 17.1 Å². The van der Waals surface area contributed by atoms with Gasteiger partial charge in [-0.1, -0.05) is 11.2 Å². The second kappa shape index (κ2) is 5.99. The molecule has 0 saturated carbocycles. The summed E-state index contributed by atoms with van der Waals surface area (Å²) >= 11 is 0. The molecule has 0 saturated heterocycles. The number of nitrogens with zero attached hydrogens (tertiary/aromatic N) is 4. The van der Waals surface area contributed by atoms with E-state index in [1.165, 1.54) is 0 Å². The number of methoxy groups -OCH3 is 1. The molecule has 0 aliphatic heterocycles. The molecule has 26 heavy (non-hydrogen) atoms. The van der Waals surface area contributed by atoms with E-state index in [1.54, 1.807) is 24.6 Å². The van der Waals surface area contributed by atoms with Crippen LogP contribution in [0.3, 0.4) is 0 Å². The Morgan fingerprint density at radius 3 is 2.65 bits per heavy atom. The molecule has 0 fully saturated rings. The van der Waals surface area contributed by atoms with Crippen LogP contribution in [0.1, 0.15) is 5.69 Å². The lowest BCUT2D eigenvalue weighted by Crippen LogP contribution is -1.94. The maximum Gasteiger partial charge on any atom is 0.340 e. The fraction of sp³-hybridized carbons (Fsp3) is 0.111. The third kappa shape index (κ3) is 2.39. The number of hydrogen-bond acceptors (Lipinski definition) is 6. The van der Waals surface area contributed by atoms with E-state index in [0.29, 0.717) is 22.8 Å². The first-order valence-corrected chi connectivity index (χ1v) is 7.82. The average molecular weight is 350 g/mol. The molecule has 130 valence electrons. The van der Waals surface area contributed by atoms with Gasteiger partial charge in [0.15, 0.2) is 5.69 Å². The highest BCUT2D eigenvalue weighted by molar-refractivity contribution is 5.83. The number of pyridine rings is 1. The van der Waals surface area contributed by atoms with E-state index in [2.05, 4.69) is 10.1 Å². The van der Waals surface area contributed by atoms with Crippen LogP contribution >= 0.6 is 0 Å². The van der Waals surface area contributed by atoms with Gasteiger partial charge in [0.05, 0.1) is 12.0 Å². The number of ether oxygens (including phenoxy) is 1. The Morgan fingerprint density at radius 2 is 1.96 bits per heavy atom. The standard InChI is InChI=1S/C18H14N4O4/c1-11-16(22(23)24)18(26-20-11)17-15(12-6-8-13(25-2)9-7-12)19-14-5-3-4-10-21(14)17/h3-10H,1-2H3. The molecule has 0 aliphatic rings. The molecular weight excluding hydrogens is 336 g/mol. The van der Waals surface area contributed by atoms with Crippen molar-refractivity contribution in [1.82, 2.24) is 14.5 Å². The molecule has 0 aliphatic carbocycles. The molecule has 1 aromatic carbocycles. The first kappa shape index (κ1) is 15.8. The van der Waals surface area contributed by atoms with Crippen molar-refractivity contribution in [3.8, 4) is 28.5 Å². The quantitative estimate of drug-likeness (QED) is 0.409. The fourth-order valence-electron chi connectivity index (χ4n) is 2.90. The van der Waals surface area contributed by atoms with Gasteiger partial charge in [-0.15, -0.1) is 0 Å². The van der Waals surface area contributed by atoms with E-state index in [1.807, 2.05) is 42.5 Å². The molecule has 0 unspecified atom stereocenters. The summed E-state index contributed by atoms with van der Waals surface area (Å²) in [5.74, 6) is 0.789. The van der Waals surface area contributed by atoms with Crippen molar-refractivity contribution in [1.29, 1.82) is 0 Å². The molecule has 3 heterocycles. The Labute approximate surface area is 147 Å². The summed E-state index contributed by atoms with van der Waals surface area (Å²) < 4.78 is 12.3. The SMILES string of the molecule is COc1ccc(-c2nc3ccccn3c2-c2onc(C)c2[N+](=O)[O-])cc1. The van der Waals surface area contributed by atoms with Crippen LogP contribution in [0.25, 0.3) is 28.4 Å². The smallest absolute Gasteiger partial charge is 0.340 e. The second-order valence-electron chi connectivity index (χ2n) is 5.67. The van der Waals surface area contributed by atoms with Crippen molar-refractivity contribution < 1.29 is 14.2 Å². The molecule has 0 radical (unpaired) electrons. The summed E-state index contributed by atoms with van der Waals surface area (Å²) in [6.45, 7) is 1.54. The van der Waals surface area contributed by atoms with Crippen molar-refractivity contribution in [3.63, 3.8) is 0 Å². The number of fused-ring (bicyclic) bond motifs is 1. The van der Waals surface area contributed by atoms with Crippen molar-refractivity contribution in [3.05, 3.63) is 64.5 Å². The van der Waals surface area contributed by atoms with Gasteiger partial charge in [0.1, 0.15) is 22.8 Å². The average Bonchev–Trinajstić information content (AvgIpc) is 3.22. The van der Waals surface area contributed by atoms with E-state index in [4.69, 9.17) is 9.26 Å². The topological polar surface area (TPSA) is 95.7 Å². The summed E-state index contributed by atoms with van der Waals surface area (Å²) in [5.41, 5.74) is 2.54. The van der Waals surface area contributed by atoms with Crippen LogP contribution in [0.4, 0.5) is 5.69 Å². The summed E-state index contributed by atoms with van der Waals surface area (Å²) in [7, 11) is 1.59. The first-order valence-electron chi connectivity index (χ1n) is 7.82. The summed E-state index contributed by atoms with van der Waals surface area (Å²) in [5, 5.41) is 15.3. The summed E-state index contributed by atoms with van der Waals surface area (Å²) in [4.78, 5) is 15.7. The van der Waals surface area contributed by atoms with E-state index >= 15 is 0 Å². The molecule has 0 N–H and O–H groups in total. The van der Waals surface area contributed by atoms with Gasteiger partial charge in [-0.3, -0.25) is 14.5 Å². The van der Waals surface area contributed by atoms with Crippen molar-refractivity contribution in [2.24, 2.45) is 0 Å². The number of benzene rings is 1. The lowest BCUT2D eigenvalue weighted by atomic mass is 10.1. The summed E-state index contributed by atoms with van der Waals surface area (Å²) in [6, 6.07) is 12.8. The monoisotopic (exact) mass is 350 g/mol. The zero-order chi connectivity index (χ0) is 18.3. The predicted octanol–water partition coefficient (Wildman–Crippen LogP) is 3.88. The van der Waals surface area contributed by atoms with E-state index in [9.17, 15) is 10.1 Å². The minimum Gasteiger partial charge on any atom is -0.497 e. The minimum atomic E-state index is -0.485. The van der Waals surface area contributed by atoms with Gasteiger partial charge < -0.3 is 9.26 Å². The van der Waals surface area contributed by atoms with Crippen LogP contribution in [0.5, 0.6) is 5.75 Å². The maximum absolute atomic E-state index is 11.5. The normalized spacial score (nSPS) is 11.0. The van der Waals surface area contributed by atoms with Crippen LogP contribution in [0.15, 0.2) is 53.2 Å². The van der Waals surface area contributed by atoms with Crippen LogP contribution in [-0.4, -0.2) is 26.6 Å². The number of hydrogen-bond donors (Lipinski definition) is 0. The highest BCUT2D eigenvalue weighted by Gasteiger charge is 2.31. The van der Waals surface area contributed by atoms with Crippen molar-refractivity contribution in [2.45, 2.75) is 6.92 Å². The molecule has 4 aromatic rings. The lowest BCUT2D eigenvalue weighted by Gasteiger charge is -2.04. The maximum atomic E-state index is 11.5. The molecule has 4 rings (SSSR count). The number of aryl methyl sites for hydroxylation is 1. The van der Waals surface area contributed by atoms with Crippen LogP contribution < -0.4 is 4.74 Å². The second-order valence-corrected chi connectivity index (χ2v) is 5.67.